The van der Waals surface area contributed by atoms with E-state index in [1.165, 1.54) is 22.3 Å². The summed E-state index contributed by atoms with van der Waals surface area (Å²) in [5, 5.41) is 0. The van der Waals surface area contributed by atoms with E-state index in [-0.39, 0.29) is 0 Å². The molecule has 1 fully saturated rings. The van der Waals surface area contributed by atoms with E-state index in [4.69, 9.17) is 0 Å². The lowest BCUT2D eigenvalue weighted by Crippen LogP contribution is -2.02. The molecule has 0 bridgehead atoms. The highest BCUT2D eigenvalue weighted by molar-refractivity contribution is 6.07. The van der Waals surface area contributed by atoms with Crippen LogP contribution in [0.15, 0.2) is 48.0 Å². The van der Waals surface area contributed by atoms with Crippen LogP contribution < -0.4 is 0 Å². The number of carbonyl (C=O) groups excluding carboxylic acids is 1. The van der Waals surface area contributed by atoms with Gasteiger partial charge in [0, 0.05) is 12.0 Å². The van der Waals surface area contributed by atoms with Gasteiger partial charge in [0.1, 0.15) is 0 Å². The largest absolute Gasteiger partial charge is 0.295 e. The van der Waals surface area contributed by atoms with Gasteiger partial charge in [0.05, 0.1) is 0 Å². The minimum absolute atomic E-state index is 0.316. The number of ketones is 1. The first kappa shape index (κ1) is 14.8. The average molecular weight is 290 g/mol. The fourth-order valence-corrected chi connectivity index (χ4v) is 3.21. The van der Waals surface area contributed by atoms with Gasteiger partial charge >= 0.3 is 0 Å². The van der Waals surface area contributed by atoms with Gasteiger partial charge in [-0.2, -0.15) is 0 Å². The Labute approximate surface area is 132 Å². The maximum Gasteiger partial charge on any atom is 0.159 e. The van der Waals surface area contributed by atoms with Crippen LogP contribution in [0.4, 0.5) is 0 Å². The summed E-state index contributed by atoms with van der Waals surface area (Å²) in [4.78, 5) is 12.4. The summed E-state index contributed by atoms with van der Waals surface area (Å²) in [5.74, 6) is 0.316. The third-order valence-electron chi connectivity index (χ3n) is 4.68. The Kier molecular flexibility index (Phi) is 3.98. The monoisotopic (exact) mass is 290 g/mol. The van der Waals surface area contributed by atoms with Gasteiger partial charge in [-0.1, -0.05) is 48.0 Å². The maximum atomic E-state index is 12.4. The quantitative estimate of drug-likeness (QED) is 0.698. The molecule has 1 heteroatoms. The van der Waals surface area contributed by atoms with Gasteiger partial charge < -0.3 is 0 Å². The van der Waals surface area contributed by atoms with Crippen molar-refractivity contribution in [1.82, 2.24) is 0 Å². The molecule has 1 aliphatic carbocycles. The maximum absolute atomic E-state index is 12.4. The molecule has 0 unspecified atom stereocenters. The minimum atomic E-state index is 0.316. The van der Waals surface area contributed by atoms with E-state index >= 15 is 0 Å². The van der Waals surface area contributed by atoms with Crippen LogP contribution in [0.3, 0.4) is 0 Å². The van der Waals surface area contributed by atoms with Crippen molar-refractivity contribution in [2.75, 3.05) is 0 Å². The van der Waals surface area contributed by atoms with Crippen molar-refractivity contribution in [3.05, 3.63) is 75.9 Å². The molecule has 0 aromatic heterocycles. The molecule has 1 aliphatic rings. The lowest BCUT2D eigenvalue weighted by atomic mass is 9.87. The van der Waals surface area contributed by atoms with E-state index < -0.39 is 0 Å². The molecule has 0 atom stereocenters. The van der Waals surface area contributed by atoms with Crippen LogP contribution in [-0.4, -0.2) is 5.78 Å². The van der Waals surface area contributed by atoms with Crippen LogP contribution in [0.2, 0.25) is 0 Å². The van der Waals surface area contributed by atoms with Gasteiger partial charge in [-0.25, -0.2) is 0 Å². The van der Waals surface area contributed by atoms with E-state index in [1.54, 1.807) is 0 Å². The molecular weight excluding hydrogens is 268 g/mol. The van der Waals surface area contributed by atoms with Crippen molar-refractivity contribution in [2.24, 2.45) is 0 Å². The van der Waals surface area contributed by atoms with E-state index in [9.17, 15) is 4.79 Å². The zero-order chi connectivity index (χ0) is 15.7. The first-order valence-electron chi connectivity index (χ1n) is 7.98. The van der Waals surface area contributed by atoms with Crippen LogP contribution in [0, 0.1) is 20.8 Å². The molecule has 0 saturated heterocycles. The second kappa shape index (κ2) is 5.92. The molecule has 1 saturated carbocycles. The number of rotatable bonds is 2. The summed E-state index contributed by atoms with van der Waals surface area (Å²) in [7, 11) is 0. The highest BCUT2D eigenvalue weighted by Gasteiger charge is 2.24. The second-order valence-electron chi connectivity index (χ2n) is 6.24. The number of allylic oxidation sites excluding steroid dienone is 1. The van der Waals surface area contributed by atoms with Gasteiger partial charge in [-0.05, 0) is 61.4 Å². The number of benzene rings is 2. The highest BCUT2D eigenvalue weighted by Crippen LogP contribution is 2.36. The minimum Gasteiger partial charge on any atom is -0.295 e. The number of Topliss-reactive ketones (excluding diaryl/α,β-unsaturated/α-hetero) is 1. The number of carbonyl (C=O) groups is 1. The van der Waals surface area contributed by atoms with E-state index in [1.807, 2.05) is 0 Å². The molecule has 3 rings (SSSR count). The Morgan fingerprint density at radius 1 is 0.909 bits per heavy atom. The zero-order valence-electron chi connectivity index (χ0n) is 13.6. The van der Waals surface area contributed by atoms with E-state index in [0.717, 1.165) is 29.6 Å². The van der Waals surface area contributed by atoms with Gasteiger partial charge in [0.15, 0.2) is 5.78 Å². The molecule has 0 amide bonds. The van der Waals surface area contributed by atoms with Crippen molar-refractivity contribution in [2.45, 2.75) is 40.0 Å². The summed E-state index contributed by atoms with van der Waals surface area (Å²) in [6, 6.07) is 14.9. The average Bonchev–Trinajstić information content (AvgIpc) is 2.92. The molecule has 22 heavy (non-hydrogen) atoms. The molecular formula is C21H22O. The van der Waals surface area contributed by atoms with E-state index in [0.29, 0.717) is 12.2 Å². The summed E-state index contributed by atoms with van der Waals surface area (Å²) in [6.07, 6.45) is 2.57. The third-order valence-corrected chi connectivity index (χ3v) is 4.68. The van der Waals surface area contributed by atoms with Crippen LogP contribution in [-0.2, 0) is 4.79 Å². The van der Waals surface area contributed by atoms with E-state index in [2.05, 4.69) is 63.2 Å². The molecule has 2 aromatic carbocycles. The summed E-state index contributed by atoms with van der Waals surface area (Å²) in [6.45, 7) is 6.38. The molecule has 0 N–H and O–H groups in total. The SMILES string of the molecule is Cc1ccc(/C(=C2\CCCC2=O)c2cccc(C)c2C)cc1. The number of aryl methyl sites for hydroxylation is 2. The lowest BCUT2D eigenvalue weighted by molar-refractivity contribution is -0.114. The van der Waals surface area contributed by atoms with Crippen LogP contribution in [0.1, 0.15) is 47.1 Å². The van der Waals surface area contributed by atoms with Crippen molar-refractivity contribution >= 4 is 11.4 Å². The Morgan fingerprint density at radius 3 is 2.27 bits per heavy atom. The predicted molar refractivity (Wildman–Crippen MR) is 92.0 cm³/mol. The Bertz CT molecular complexity index is 748. The van der Waals surface area contributed by atoms with Crippen molar-refractivity contribution in [1.29, 1.82) is 0 Å². The van der Waals surface area contributed by atoms with Crippen molar-refractivity contribution in [3.63, 3.8) is 0 Å². The van der Waals surface area contributed by atoms with Crippen LogP contribution >= 0.6 is 0 Å². The Morgan fingerprint density at radius 2 is 1.64 bits per heavy atom. The standard InChI is InChI=1S/C21H22O/c1-14-10-12-17(13-11-14)21(19-8-5-9-20(19)22)18-7-4-6-15(2)16(18)3/h4,6-7,10-13H,5,8-9H2,1-3H3/b21-19-. The normalized spacial score (nSPS) is 17.0. The number of hydrogen-bond acceptors (Lipinski definition) is 1. The van der Waals surface area contributed by atoms with Gasteiger partial charge in [0.2, 0.25) is 0 Å². The first-order chi connectivity index (χ1) is 10.6. The Hall–Kier alpha value is -2.15. The van der Waals surface area contributed by atoms with Crippen LogP contribution in [0.5, 0.6) is 0 Å². The number of hydrogen-bond donors (Lipinski definition) is 0. The fraction of sp³-hybridized carbons (Fsp3) is 0.286. The van der Waals surface area contributed by atoms with Gasteiger partial charge in [-0.3, -0.25) is 4.79 Å². The molecule has 0 radical (unpaired) electrons. The second-order valence-corrected chi connectivity index (χ2v) is 6.24. The highest BCUT2D eigenvalue weighted by atomic mass is 16.1. The molecule has 2 aromatic rings. The predicted octanol–water partition coefficient (Wildman–Crippen LogP) is 5.17. The summed E-state index contributed by atoms with van der Waals surface area (Å²) < 4.78 is 0. The molecule has 1 nitrogen and oxygen atoms in total. The van der Waals surface area contributed by atoms with Gasteiger partial charge in [-0.15, -0.1) is 0 Å². The molecule has 0 aliphatic heterocycles. The molecule has 0 spiro atoms. The van der Waals surface area contributed by atoms with Crippen molar-refractivity contribution in [3.8, 4) is 0 Å². The summed E-state index contributed by atoms with van der Waals surface area (Å²) >= 11 is 0. The van der Waals surface area contributed by atoms with Gasteiger partial charge in [0.25, 0.3) is 0 Å². The zero-order valence-corrected chi connectivity index (χ0v) is 13.6. The van der Waals surface area contributed by atoms with Crippen molar-refractivity contribution < 1.29 is 4.79 Å². The lowest BCUT2D eigenvalue weighted by Gasteiger charge is -2.16. The third kappa shape index (κ3) is 2.64. The summed E-state index contributed by atoms with van der Waals surface area (Å²) in [5.41, 5.74) is 8.30. The fourth-order valence-electron chi connectivity index (χ4n) is 3.21. The first-order valence-corrected chi connectivity index (χ1v) is 7.98. The Balaban J connectivity index is 2.26. The molecule has 0 heterocycles. The smallest absolute Gasteiger partial charge is 0.159 e. The molecule has 112 valence electrons. The van der Waals surface area contributed by atoms with Crippen LogP contribution in [0.25, 0.3) is 5.57 Å². The topological polar surface area (TPSA) is 17.1 Å².